The summed E-state index contributed by atoms with van der Waals surface area (Å²) < 4.78 is 21.5. The van der Waals surface area contributed by atoms with E-state index in [1.165, 1.54) is 6.07 Å². The third kappa shape index (κ3) is 2.84. The summed E-state index contributed by atoms with van der Waals surface area (Å²) in [6.07, 6.45) is 1.96. The molecule has 1 aliphatic heterocycles. The minimum atomic E-state index is -0.314. The number of benzene rings is 1. The summed E-state index contributed by atoms with van der Waals surface area (Å²) in [6, 6.07) is 6.45. The zero-order valence-electron chi connectivity index (χ0n) is 14.5. The lowest BCUT2D eigenvalue weighted by Gasteiger charge is -2.36. The molecule has 1 saturated carbocycles. The van der Waals surface area contributed by atoms with E-state index in [1.54, 1.807) is 22.9 Å². The largest absolute Gasteiger partial charge is 0.377 e. The fraction of sp³-hybridized carbons (Fsp3) is 0.474. The molecule has 1 aromatic heterocycles. The van der Waals surface area contributed by atoms with E-state index in [2.05, 4.69) is 5.10 Å². The van der Waals surface area contributed by atoms with Crippen LogP contribution < -0.4 is 0 Å². The Balaban J connectivity index is 1.74. The molecule has 1 saturated heterocycles. The van der Waals surface area contributed by atoms with Crippen LogP contribution in [0.25, 0.3) is 5.69 Å². The summed E-state index contributed by atoms with van der Waals surface area (Å²) >= 11 is 0. The zero-order valence-corrected chi connectivity index (χ0v) is 14.5. The van der Waals surface area contributed by atoms with Gasteiger partial charge in [-0.2, -0.15) is 5.10 Å². The SMILES string of the molecule is Cc1nn(-c2ccccc2F)c(C)c1[C@@H]1COCCN1C(=O)C1CC1. The van der Waals surface area contributed by atoms with Crippen LogP contribution in [-0.4, -0.2) is 40.3 Å². The standard InChI is InChI=1S/C19H22FN3O2/c1-12-18(13(2)23(21-12)16-6-4-3-5-15(16)20)17-11-25-10-9-22(17)19(24)14-7-8-14/h3-6,14,17H,7-11H2,1-2H3/t17-/m0/s1. The summed E-state index contributed by atoms with van der Waals surface area (Å²) in [7, 11) is 0. The number of hydrogen-bond donors (Lipinski definition) is 0. The number of morpholine rings is 1. The van der Waals surface area contributed by atoms with Crippen molar-refractivity contribution >= 4 is 5.91 Å². The predicted molar refractivity (Wildman–Crippen MR) is 91.0 cm³/mol. The fourth-order valence-corrected chi connectivity index (χ4v) is 3.67. The number of carbonyl (C=O) groups is 1. The van der Waals surface area contributed by atoms with Crippen LogP contribution in [0.4, 0.5) is 4.39 Å². The van der Waals surface area contributed by atoms with Gasteiger partial charge in [0.15, 0.2) is 0 Å². The highest BCUT2D eigenvalue weighted by atomic mass is 19.1. The molecule has 0 unspecified atom stereocenters. The molecule has 0 N–H and O–H groups in total. The first-order chi connectivity index (χ1) is 12.1. The molecule has 2 heterocycles. The molecule has 1 aliphatic carbocycles. The third-order valence-electron chi connectivity index (χ3n) is 5.10. The number of amides is 1. The van der Waals surface area contributed by atoms with Gasteiger partial charge in [-0.3, -0.25) is 4.79 Å². The third-order valence-corrected chi connectivity index (χ3v) is 5.10. The van der Waals surface area contributed by atoms with Crippen LogP contribution in [0.15, 0.2) is 24.3 Å². The van der Waals surface area contributed by atoms with E-state index in [0.717, 1.165) is 29.8 Å². The normalized spacial score (nSPS) is 20.8. The van der Waals surface area contributed by atoms with E-state index in [9.17, 15) is 9.18 Å². The molecule has 2 aromatic rings. The van der Waals surface area contributed by atoms with Gasteiger partial charge in [0, 0.05) is 23.7 Å². The highest BCUT2D eigenvalue weighted by Crippen LogP contribution is 2.37. The van der Waals surface area contributed by atoms with Crippen molar-refractivity contribution in [3.8, 4) is 5.69 Å². The Hall–Kier alpha value is -2.21. The molecule has 0 bridgehead atoms. The molecular weight excluding hydrogens is 321 g/mol. The average molecular weight is 343 g/mol. The maximum atomic E-state index is 14.2. The topological polar surface area (TPSA) is 47.4 Å². The summed E-state index contributed by atoms with van der Waals surface area (Å²) in [5.74, 6) is 0.0685. The van der Waals surface area contributed by atoms with Crippen LogP contribution in [0.5, 0.6) is 0 Å². The van der Waals surface area contributed by atoms with Crippen LogP contribution in [0.3, 0.4) is 0 Å². The summed E-state index contributed by atoms with van der Waals surface area (Å²) in [4.78, 5) is 14.6. The summed E-state index contributed by atoms with van der Waals surface area (Å²) in [5, 5.41) is 4.55. The molecule has 0 radical (unpaired) electrons. The van der Waals surface area contributed by atoms with Crippen molar-refractivity contribution in [2.75, 3.05) is 19.8 Å². The van der Waals surface area contributed by atoms with Crippen molar-refractivity contribution in [2.45, 2.75) is 32.7 Å². The molecule has 132 valence electrons. The molecule has 5 nitrogen and oxygen atoms in total. The Labute approximate surface area is 146 Å². The minimum Gasteiger partial charge on any atom is -0.377 e. The lowest BCUT2D eigenvalue weighted by molar-refractivity contribution is -0.141. The van der Waals surface area contributed by atoms with Gasteiger partial charge < -0.3 is 9.64 Å². The van der Waals surface area contributed by atoms with Gasteiger partial charge >= 0.3 is 0 Å². The first kappa shape index (κ1) is 16.3. The number of rotatable bonds is 3. The number of carbonyl (C=O) groups excluding carboxylic acids is 1. The van der Waals surface area contributed by atoms with Crippen molar-refractivity contribution in [2.24, 2.45) is 5.92 Å². The van der Waals surface area contributed by atoms with Gasteiger partial charge in [-0.1, -0.05) is 12.1 Å². The lowest BCUT2D eigenvalue weighted by atomic mass is 10.0. The van der Waals surface area contributed by atoms with Gasteiger partial charge in [-0.15, -0.1) is 0 Å². The molecule has 1 atom stereocenters. The van der Waals surface area contributed by atoms with E-state index in [1.807, 2.05) is 18.7 Å². The quantitative estimate of drug-likeness (QED) is 0.861. The van der Waals surface area contributed by atoms with Crippen LogP contribution in [0.1, 0.15) is 35.8 Å². The Morgan fingerprint density at radius 2 is 2.04 bits per heavy atom. The van der Waals surface area contributed by atoms with Crippen molar-refractivity contribution in [1.82, 2.24) is 14.7 Å². The average Bonchev–Trinajstić information content (AvgIpc) is 3.41. The number of ether oxygens (including phenoxy) is 1. The maximum absolute atomic E-state index is 14.2. The number of para-hydroxylation sites is 1. The van der Waals surface area contributed by atoms with Crippen LogP contribution in [-0.2, 0) is 9.53 Å². The first-order valence-corrected chi connectivity index (χ1v) is 8.77. The lowest BCUT2D eigenvalue weighted by Crippen LogP contribution is -2.44. The van der Waals surface area contributed by atoms with E-state index in [4.69, 9.17) is 4.74 Å². The van der Waals surface area contributed by atoms with Crippen LogP contribution in [0.2, 0.25) is 0 Å². The molecule has 4 rings (SSSR count). The second kappa shape index (κ2) is 6.26. The van der Waals surface area contributed by atoms with Gasteiger partial charge in [0.25, 0.3) is 0 Å². The Morgan fingerprint density at radius 3 is 2.76 bits per heavy atom. The highest BCUT2D eigenvalue weighted by molar-refractivity contribution is 5.81. The van der Waals surface area contributed by atoms with E-state index < -0.39 is 0 Å². The number of hydrogen-bond acceptors (Lipinski definition) is 3. The molecule has 1 amide bonds. The minimum absolute atomic E-state index is 0.151. The van der Waals surface area contributed by atoms with Crippen LogP contribution >= 0.6 is 0 Å². The number of nitrogens with zero attached hydrogens (tertiary/aromatic N) is 3. The Morgan fingerprint density at radius 1 is 1.28 bits per heavy atom. The van der Waals surface area contributed by atoms with Gasteiger partial charge in [-0.25, -0.2) is 9.07 Å². The molecule has 6 heteroatoms. The predicted octanol–water partition coefficient (Wildman–Crippen LogP) is 2.94. The van der Waals surface area contributed by atoms with Crippen molar-refractivity contribution in [3.05, 3.63) is 47.0 Å². The first-order valence-electron chi connectivity index (χ1n) is 8.77. The van der Waals surface area contributed by atoms with Gasteiger partial charge in [0.1, 0.15) is 11.5 Å². The van der Waals surface area contributed by atoms with Crippen molar-refractivity contribution in [3.63, 3.8) is 0 Å². The molecule has 25 heavy (non-hydrogen) atoms. The Kier molecular flexibility index (Phi) is 4.07. The van der Waals surface area contributed by atoms with E-state index in [-0.39, 0.29) is 23.7 Å². The summed E-state index contributed by atoms with van der Waals surface area (Å²) in [6.45, 7) is 5.46. The summed E-state index contributed by atoms with van der Waals surface area (Å²) in [5.41, 5.74) is 3.06. The van der Waals surface area contributed by atoms with E-state index >= 15 is 0 Å². The van der Waals surface area contributed by atoms with Crippen molar-refractivity contribution in [1.29, 1.82) is 0 Å². The highest BCUT2D eigenvalue weighted by Gasteiger charge is 2.39. The monoisotopic (exact) mass is 343 g/mol. The van der Waals surface area contributed by atoms with Gasteiger partial charge in [-0.05, 0) is 38.8 Å². The molecule has 2 aliphatic rings. The smallest absolute Gasteiger partial charge is 0.226 e. The van der Waals surface area contributed by atoms with E-state index in [0.29, 0.717) is 25.4 Å². The fourth-order valence-electron chi connectivity index (χ4n) is 3.67. The zero-order chi connectivity index (χ0) is 17.6. The number of aromatic nitrogens is 2. The number of halogens is 1. The Bertz CT molecular complexity index is 813. The van der Waals surface area contributed by atoms with Gasteiger partial charge in [0.2, 0.25) is 5.91 Å². The van der Waals surface area contributed by atoms with Gasteiger partial charge in [0.05, 0.1) is 24.9 Å². The molecular formula is C19H22FN3O2. The molecule has 0 spiro atoms. The van der Waals surface area contributed by atoms with Crippen molar-refractivity contribution < 1.29 is 13.9 Å². The second-order valence-corrected chi connectivity index (χ2v) is 6.84. The second-order valence-electron chi connectivity index (χ2n) is 6.84. The molecule has 1 aromatic carbocycles. The number of aryl methyl sites for hydroxylation is 1. The molecule has 2 fully saturated rings. The van der Waals surface area contributed by atoms with Crippen LogP contribution in [0, 0.1) is 25.6 Å². The maximum Gasteiger partial charge on any atom is 0.226 e.